The highest BCUT2D eigenvalue weighted by atomic mass is 32.2. The van der Waals surface area contributed by atoms with Crippen molar-refractivity contribution in [3.05, 3.63) is 24.3 Å². The zero-order valence-corrected chi connectivity index (χ0v) is 19.0. The standard InChI is InChI=1S/C21H31N5O5S/c27-20(22-17-4-5-17)15-24-6-8-25(9-7-24)16-21(28)23-18-2-1-3-19(14-18)32(29,30)26-10-12-31-13-11-26/h1-3,14,17H,4-13,15-16H2,(H,22,27)(H,23,28). The molecule has 0 unspecified atom stereocenters. The van der Waals surface area contributed by atoms with Crippen molar-refractivity contribution in [2.45, 2.75) is 23.8 Å². The highest BCUT2D eigenvalue weighted by Gasteiger charge is 2.27. The minimum Gasteiger partial charge on any atom is -0.379 e. The molecule has 10 nitrogen and oxygen atoms in total. The molecule has 1 aliphatic carbocycles. The Morgan fingerprint density at radius 2 is 1.56 bits per heavy atom. The topological polar surface area (TPSA) is 111 Å². The Hall–Kier alpha value is -2.05. The Balaban J connectivity index is 1.24. The number of ether oxygens (including phenoxy) is 1. The first-order chi connectivity index (χ1) is 15.4. The van der Waals surface area contributed by atoms with Gasteiger partial charge in [-0.1, -0.05) is 6.07 Å². The molecule has 32 heavy (non-hydrogen) atoms. The number of sulfonamides is 1. The lowest BCUT2D eigenvalue weighted by atomic mass is 10.3. The van der Waals surface area contributed by atoms with Gasteiger partial charge in [-0.2, -0.15) is 4.31 Å². The number of rotatable bonds is 8. The fourth-order valence-electron chi connectivity index (χ4n) is 3.88. The highest BCUT2D eigenvalue weighted by molar-refractivity contribution is 7.89. The van der Waals surface area contributed by atoms with E-state index in [1.165, 1.54) is 10.4 Å². The van der Waals surface area contributed by atoms with Crippen LogP contribution in [0.2, 0.25) is 0 Å². The summed E-state index contributed by atoms with van der Waals surface area (Å²) in [6, 6.07) is 6.73. The van der Waals surface area contributed by atoms with Crippen LogP contribution < -0.4 is 10.6 Å². The number of piperazine rings is 1. The third-order valence-electron chi connectivity index (χ3n) is 5.87. The number of carbonyl (C=O) groups is 2. The van der Waals surface area contributed by atoms with Crippen LogP contribution in [-0.2, 0) is 24.3 Å². The molecule has 2 N–H and O–H groups in total. The summed E-state index contributed by atoms with van der Waals surface area (Å²) in [6.45, 7) is 4.93. The molecule has 3 fully saturated rings. The lowest BCUT2D eigenvalue weighted by Crippen LogP contribution is -2.51. The van der Waals surface area contributed by atoms with Gasteiger partial charge in [0, 0.05) is 51.0 Å². The van der Waals surface area contributed by atoms with E-state index >= 15 is 0 Å². The summed E-state index contributed by atoms with van der Waals surface area (Å²) in [4.78, 5) is 28.8. The van der Waals surface area contributed by atoms with Crippen LogP contribution in [0.25, 0.3) is 0 Å². The molecule has 0 atom stereocenters. The number of nitrogens with one attached hydrogen (secondary N) is 2. The number of hydrogen-bond donors (Lipinski definition) is 2. The summed E-state index contributed by atoms with van der Waals surface area (Å²) in [5.41, 5.74) is 0.458. The Morgan fingerprint density at radius 1 is 0.938 bits per heavy atom. The molecule has 0 bridgehead atoms. The normalized spacial score (nSPS) is 21.2. The largest absolute Gasteiger partial charge is 0.379 e. The minimum absolute atomic E-state index is 0.0746. The fraction of sp³-hybridized carbons (Fsp3) is 0.619. The zero-order chi connectivity index (χ0) is 22.6. The average molecular weight is 466 g/mol. The van der Waals surface area contributed by atoms with E-state index < -0.39 is 10.0 Å². The maximum Gasteiger partial charge on any atom is 0.243 e. The van der Waals surface area contributed by atoms with Crippen molar-refractivity contribution >= 4 is 27.5 Å². The van der Waals surface area contributed by atoms with E-state index in [2.05, 4.69) is 15.5 Å². The van der Waals surface area contributed by atoms with E-state index in [4.69, 9.17) is 4.74 Å². The van der Waals surface area contributed by atoms with Crippen LogP contribution in [0, 0.1) is 0 Å². The van der Waals surface area contributed by atoms with Gasteiger partial charge in [0.2, 0.25) is 21.8 Å². The van der Waals surface area contributed by atoms with Crippen molar-refractivity contribution < 1.29 is 22.7 Å². The molecule has 2 amide bonds. The van der Waals surface area contributed by atoms with E-state index in [1.807, 2.05) is 4.90 Å². The molecule has 2 saturated heterocycles. The summed E-state index contributed by atoms with van der Waals surface area (Å²) in [5.74, 6) is -0.114. The molecule has 1 aromatic carbocycles. The van der Waals surface area contributed by atoms with Gasteiger partial charge >= 0.3 is 0 Å². The quantitative estimate of drug-likeness (QED) is 0.535. The first-order valence-corrected chi connectivity index (χ1v) is 12.6. The lowest BCUT2D eigenvalue weighted by Gasteiger charge is -2.33. The van der Waals surface area contributed by atoms with E-state index in [0.29, 0.717) is 57.7 Å². The van der Waals surface area contributed by atoms with Gasteiger partial charge < -0.3 is 15.4 Å². The number of anilines is 1. The highest BCUT2D eigenvalue weighted by Crippen LogP contribution is 2.21. The Kier molecular flexibility index (Phi) is 7.41. The molecule has 2 heterocycles. The monoisotopic (exact) mass is 465 g/mol. The molecule has 4 rings (SSSR count). The number of amides is 2. The Bertz CT molecular complexity index is 922. The Morgan fingerprint density at radius 3 is 2.19 bits per heavy atom. The molecular weight excluding hydrogens is 434 g/mol. The molecule has 11 heteroatoms. The third-order valence-corrected chi connectivity index (χ3v) is 7.76. The van der Waals surface area contributed by atoms with Gasteiger partial charge in [0.05, 0.1) is 31.2 Å². The van der Waals surface area contributed by atoms with Crippen molar-refractivity contribution in [3.8, 4) is 0 Å². The number of carbonyl (C=O) groups excluding carboxylic acids is 2. The van der Waals surface area contributed by atoms with Gasteiger partial charge in [-0.3, -0.25) is 19.4 Å². The van der Waals surface area contributed by atoms with E-state index in [0.717, 1.165) is 25.9 Å². The Labute approximate surface area is 188 Å². The van der Waals surface area contributed by atoms with Gasteiger partial charge in [0.15, 0.2) is 0 Å². The fourth-order valence-corrected chi connectivity index (χ4v) is 5.34. The predicted octanol–water partition coefficient (Wildman–Crippen LogP) is -0.458. The third kappa shape index (κ3) is 6.26. The molecule has 2 aliphatic heterocycles. The van der Waals surface area contributed by atoms with Crippen LogP contribution in [0.15, 0.2) is 29.2 Å². The van der Waals surface area contributed by atoms with Crippen molar-refractivity contribution in [2.75, 3.05) is 70.9 Å². The first-order valence-electron chi connectivity index (χ1n) is 11.1. The smallest absolute Gasteiger partial charge is 0.243 e. The second-order valence-electron chi connectivity index (χ2n) is 8.49. The summed E-state index contributed by atoms with van der Waals surface area (Å²) in [7, 11) is -3.61. The predicted molar refractivity (Wildman–Crippen MR) is 119 cm³/mol. The van der Waals surface area contributed by atoms with Crippen LogP contribution in [-0.4, -0.2) is 106 Å². The van der Waals surface area contributed by atoms with Crippen LogP contribution in [0.4, 0.5) is 5.69 Å². The van der Waals surface area contributed by atoms with Gasteiger partial charge in [-0.15, -0.1) is 0 Å². The summed E-state index contributed by atoms with van der Waals surface area (Å²) in [5, 5.41) is 5.81. The van der Waals surface area contributed by atoms with Crippen LogP contribution in [0.1, 0.15) is 12.8 Å². The number of hydrogen-bond acceptors (Lipinski definition) is 7. The number of nitrogens with zero attached hydrogens (tertiary/aromatic N) is 3. The summed E-state index contributed by atoms with van der Waals surface area (Å²) >= 11 is 0. The van der Waals surface area contributed by atoms with Crippen molar-refractivity contribution in [2.24, 2.45) is 0 Å². The van der Waals surface area contributed by atoms with Crippen molar-refractivity contribution in [1.82, 2.24) is 19.4 Å². The average Bonchev–Trinajstić information content (AvgIpc) is 3.60. The molecule has 3 aliphatic rings. The number of benzene rings is 1. The second-order valence-corrected chi connectivity index (χ2v) is 10.4. The van der Waals surface area contributed by atoms with E-state index in [9.17, 15) is 18.0 Å². The molecule has 0 radical (unpaired) electrons. The van der Waals surface area contributed by atoms with Gasteiger partial charge in [-0.25, -0.2) is 8.42 Å². The molecule has 0 spiro atoms. The van der Waals surface area contributed by atoms with E-state index in [1.54, 1.807) is 18.2 Å². The molecule has 1 aromatic rings. The molecule has 176 valence electrons. The first kappa shape index (κ1) is 23.1. The second kappa shape index (κ2) is 10.3. The minimum atomic E-state index is -3.61. The maximum atomic E-state index is 12.8. The van der Waals surface area contributed by atoms with Crippen LogP contribution >= 0.6 is 0 Å². The van der Waals surface area contributed by atoms with E-state index in [-0.39, 0.29) is 23.3 Å². The lowest BCUT2D eigenvalue weighted by molar-refractivity contribution is -0.123. The van der Waals surface area contributed by atoms with Gasteiger partial charge in [0.25, 0.3) is 0 Å². The van der Waals surface area contributed by atoms with Crippen molar-refractivity contribution in [1.29, 1.82) is 0 Å². The molecule has 1 saturated carbocycles. The van der Waals surface area contributed by atoms with Crippen molar-refractivity contribution in [3.63, 3.8) is 0 Å². The molecular formula is C21H31N5O5S. The van der Waals surface area contributed by atoms with Gasteiger partial charge in [-0.05, 0) is 31.0 Å². The van der Waals surface area contributed by atoms with Gasteiger partial charge in [0.1, 0.15) is 0 Å². The van der Waals surface area contributed by atoms with Crippen LogP contribution in [0.5, 0.6) is 0 Å². The zero-order valence-electron chi connectivity index (χ0n) is 18.2. The molecule has 0 aromatic heterocycles. The number of morpholine rings is 1. The SMILES string of the molecule is O=C(CN1CCN(CC(=O)NC2CC2)CC1)Nc1cccc(S(=O)(=O)N2CCOCC2)c1. The summed E-state index contributed by atoms with van der Waals surface area (Å²) < 4.78 is 32.3. The maximum absolute atomic E-state index is 12.8. The van der Waals surface area contributed by atoms with Crippen LogP contribution in [0.3, 0.4) is 0 Å². The summed E-state index contributed by atoms with van der Waals surface area (Å²) in [6.07, 6.45) is 2.16.